The number of amides is 1. The van der Waals surface area contributed by atoms with Gasteiger partial charge in [0.05, 0.1) is 5.56 Å². The number of nitrogens with zero attached hydrogens (tertiary/aromatic N) is 4. The van der Waals surface area contributed by atoms with Crippen LogP contribution in [0.2, 0.25) is 0 Å². The van der Waals surface area contributed by atoms with E-state index in [9.17, 15) is 18.0 Å². The summed E-state index contributed by atoms with van der Waals surface area (Å²) >= 11 is 0. The predicted octanol–water partition coefficient (Wildman–Crippen LogP) is 5.69. The number of rotatable bonds is 5. The van der Waals surface area contributed by atoms with Gasteiger partial charge in [-0.05, 0) is 42.3 Å². The monoisotopic (exact) mass is 506 g/mol. The smallest absolute Gasteiger partial charge is 0.336 e. The maximum absolute atomic E-state index is 13.0. The van der Waals surface area contributed by atoms with E-state index in [1.54, 1.807) is 0 Å². The van der Waals surface area contributed by atoms with Gasteiger partial charge in [0.15, 0.2) is 0 Å². The highest BCUT2D eigenvalue weighted by Crippen LogP contribution is 2.32. The van der Waals surface area contributed by atoms with Crippen LogP contribution in [0.25, 0.3) is 22.8 Å². The molecule has 0 unspecified atom stereocenters. The minimum absolute atomic E-state index is 0.0308. The molecular formula is C28H25F3N4O2. The van der Waals surface area contributed by atoms with Crippen molar-refractivity contribution >= 4 is 5.91 Å². The number of carbonyl (C=O) groups is 1. The number of alkyl halides is 3. The summed E-state index contributed by atoms with van der Waals surface area (Å²) in [6, 6.07) is 20.1. The van der Waals surface area contributed by atoms with E-state index in [1.165, 1.54) is 12.1 Å². The van der Waals surface area contributed by atoms with Gasteiger partial charge in [-0.1, -0.05) is 53.7 Å². The van der Waals surface area contributed by atoms with Crippen molar-refractivity contribution in [2.75, 3.05) is 26.2 Å². The molecule has 0 N–H and O–H groups in total. The van der Waals surface area contributed by atoms with E-state index in [1.807, 2.05) is 60.4 Å². The van der Waals surface area contributed by atoms with Crippen molar-refractivity contribution < 1.29 is 22.5 Å². The van der Waals surface area contributed by atoms with Crippen molar-refractivity contribution in [1.29, 1.82) is 0 Å². The average molecular weight is 507 g/mol. The molecule has 1 aromatic heterocycles. The van der Waals surface area contributed by atoms with Gasteiger partial charge in [0.2, 0.25) is 5.82 Å². The number of benzene rings is 3. The second-order valence-corrected chi connectivity index (χ2v) is 9.08. The van der Waals surface area contributed by atoms with Crippen LogP contribution in [0.4, 0.5) is 13.2 Å². The van der Waals surface area contributed by atoms with Crippen LogP contribution < -0.4 is 0 Å². The fourth-order valence-electron chi connectivity index (χ4n) is 4.40. The summed E-state index contributed by atoms with van der Waals surface area (Å²) in [7, 11) is 0. The molecule has 0 atom stereocenters. The van der Waals surface area contributed by atoms with Crippen molar-refractivity contribution in [3.63, 3.8) is 0 Å². The van der Waals surface area contributed by atoms with E-state index in [4.69, 9.17) is 4.52 Å². The van der Waals surface area contributed by atoms with Gasteiger partial charge < -0.3 is 9.42 Å². The maximum Gasteiger partial charge on any atom is 0.416 e. The third kappa shape index (κ3) is 5.56. The molecule has 0 radical (unpaired) electrons. The van der Waals surface area contributed by atoms with Crippen molar-refractivity contribution in [3.8, 4) is 22.8 Å². The summed E-state index contributed by atoms with van der Waals surface area (Å²) in [6.45, 7) is 5.61. The Morgan fingerprint density at radius 3 is 2.35 bits per heavy atom. The molecule has 1 aliphatic rings. The average Bonchev–Trinajstić information content (AvgIpc) is 3.40. The summed E-state index contributed by atoms with van der Waals surface area (Å²) < 4.78 is 44.3. The van der Waals surface area contributed by atoms with Crippen LogP contribution in [-0.2, 0) is 12.7 Å². The lowest BCUT2D eigenvalue weighted by molar-refractivity contribution is -0.137. The number of carbonyl (C=O) groups excluding carboxylic acids is 1. The quantitative estimate of drug-likeness (QED) is 0.348. The molecule has 37 heavy (non-hydrogen) atoms. The van der Waals surface area contributed by atoms with Gasteiger partial charge in [-0.3, -0.25) is 9.69 Å². The largest absolute Gasteiger partial charge is 0.416 e. The zero-order chi connectivity index (χ0) is 26.0. The van der Waals surface area contributed by atoms with Gasteiger partial charge in [0.25, 0.3) is 11.8 Å². The Balaban J connectivity index is 1.19. The fourth-order valence-corrected chi connectivity index (χ4v) is 4.40. The van der Waals surface area contributed by atoms with Crippen LogP contribution in [0.15, 0.2) is 77.3 Å². The van der Waals surface area contributed by atoms with Crippen LogP contribution in [0.3, 0.4) is 0 Å². The lowest BCUT2D eigenvalue weighted by atomic mass is 10.1. The van der Waals surface area contributed by atoms with E-state index in [2.05, 4.69) is 15.0 Å². The first kappa shape index (κ1) is 24.7. The SMILES string of the molecule is Cc1ccccc1C(=O)N1CCN(Cc2ccc(-c3noc(-c4cccc(C(F)(F)F)c4)n3)cc2)CC1. The molecule has 0 bridgehead atoms. The normalized spacial score (nSPS) is 14.6. The standard InChI is InChI=1S/C28H25F3N4O2/c1-19-5-2-3-8-24(19)27(36)35-15-13-34(14-16-35)18-20-9-11-21(12-10-20)25-32-26(37-33-25)22-6-4-7-23(17-22)28(29,30)31/h2-12,17H,13-16,18H2,1H3. The Hall–Kier alpha value is -3.98. The van der Waals surface area contributed by atoms with Crippen LogP contribution >= 0.6 is 0 Å². The maximum atomic E-state index is 13.0. The van der Waals surface area contributed by atoms with E-state index < -0.39 is 11.7 Å². The number of hydrogen-bond donors (Lipinski definition) is 0. The molecule has 3 aromatic carbocycles. The Morgan fingerprint density at radius 2 is 1.65 bits per heavy atom. The molecule has 4 aromatic rings. The molecule has 190 valence electrons. The number of aromatic nitrogens is 2. The first-order chi connectivity index (χ1) is 17.8. The Labute approximate surface area is 212 Å². The Morgan fingerprint density at radius 1 is 0.919 bits per heavy atom. The molecule has 6 nitrogen and oxygen atoms in total. The molecule has 0 aliphatic carbocycles. The lowest BCUT2D eigenvalue weighted by Gasteiger charge is -2.35. The van der Waals surface area contributed by atoms with E-state index in [0.717, 1.165) is 48.5 Å². The molecule has 1 amide bonds. The summed E-state index contributed by atoms with van der Waals surface area (Å²) in [5.74, 6) is 0.414. The van der Waals surface area contributed by atoms with Crippen molar-refractivity contribution in [3.05, 3.63) is 95.1 Å². The van der Waals surface area contributed by atoms with Gasteiger partial charge in [0, 0.05) is 49.4 Å². The second kappa shape index (κ2) is 10.2. The van der Waals surface area contributed by atoms with Crippen LogP contribution in [-0.4, -0.2) is 52.0 Å². The molecule has 2 heterocycles. The first-order valence-corrected chi connectivity index (χ1v) is 12.0. The number of hydrogen-bond acceptors (Lipinski definition) is 5. The third-order valence-corrected chi connectivity index (χ3v) is 6.52. The van der Waals surface area contributed by atoms with Crippen molar-refractivity contribution in [2.45, 2.75) is 19.6 Å². The van der Waals surface area contributed by atoms with Gasteiger partial charge in [-0.25, -0.2) is 0 Å². The van der Waals surface area contributed by atoms with Crippen molar-refractivity contribution in [1.82, 2.24) is 19.9 Å². The molecule has 1 fully saturated rings. The van der Waals surface area contributed by atoms with Gasteiger partial charge in [-0.2, -0.15) is 18.2 Å². The van der Waals surface area contributed by atoms with E-state index in [0.29, 0.717) is 24.5 Å². The topological polar surface area (TPSA) is 62.5 Å². The Bertz CT molecular complexity index is 1390. The zero-order valence-corrected chi connectivity index (χ0v) is 20.2. The molecule has 1 saturated heterocycles. The first-order valence-electron chi connectivity index (χ1n) is 12.0. The number of aryl methyl sites for hydroxylation is 1. The summed E-state index contributed by atoms with van der Waals surface area (Å²) in [5.41, 5.74) is 2.99. The molecule has 9 heteroatoms. The summed E-state index contributed by atoms with van der Waals surface area (Å²) in [4.78, 5) is 21.3. The molecular weight excluding hydrogens is 481 g/mol. The predicted molar refractivity (Wildman–Crippen MR) is 133 cm³/mol. The minimum Gasteiger partial charge on any atom is -0.336 e. The molecule has 0 spiro atoms. The number of halogens is 3. The highest BCUT2D eigenvalue weighted by molar-refractivity contribution is 5.95. The van der Waals surface area contributed by atoms with Gasteiger partial charge in [0.1, 0.15) is 0 Å². The third-order valence-electron chi connectivity index (χ3n) is 6.52. The number of piperazine rings is 1. The summed E-state index contributed by atoms with van der Waals surface area (Å²) in [6.07, 6.45) is -4.45. The highest BCUT2D eigenvalue weighted by Gasteiger charge is 2.31. The molecule has 0 saturated carbocycles. The zero-order valence-electron chi connectivity index (χ0n) is 20.2. The second-order valence-electron chi connectivity index (χ2n) is 9.08. The summed E-state index contributed by atoms with van der Waals surface area (Å²) in [5, 5.41) is 3.94. The van der Waals surface area contributed by atoms with E-state index >= 15 is 0 Å². The van der Waals surface area contributed by atoms with Crippen LogP contribution in [0, 0.1) is 6.92 Å². The minimum atomic E-state index is -4.45. The Kier molecular flexibility index (Phi) is 6.80. The highest BCUT2D eigenvalue weighted by atomic mass is 19.4. The van der Waals surface area contributed by atoms with E-state index in [-0.39, 0.29) is 17.4 Å². The fraction of sp³-hybridized carbons (Fsp3) is 0.250. The van der Waals surface area contributed by atoms with Crippen molar-refractivity contribution in [2.24, 2.45) is 0 Å². The van der Waals surface area contributed by atoms with Gasteiger partial charge in [-0.15, -0.1) is 0 Å². The van der Waals surface area contributed by atoms with Crippen LogP contribution in [0.1, 0.15) is 27.0 Å². The molecule has 1 aliphatic heterocycles. The van der Waals surface area contributed by atoms with Crippen LogP contribution in [0.5, 0.6) is 0 Å². The lowest BCUT2D eigenvalue weighted by Crippen LogP contribution is -2.48. The molecule has 5 rings (SSSR count). The van der Waals surface area contributed by atoms with Gasteiger partial charge >= 0.3 is 6.18 Å².